The number of nitrogens with zero attached hydrogens (tertiary/aromatic N) is 1. The van der Waals surface area contributed by atoms with Crippen LogP contribution in [-0.2, 0) is 14.4 Å². The van der Waals surface area contributed by atoms with E-state index in [0.29, 0.717) is 28.2 Å². The normalized spacial score (nSPS) is 11.3. The van der Waals surface area contributed by atoms with Crippen molar-refractivity contribution in [3.8, 4) is 0 Å². The second-order valence-corrected chi connectivity index (χ2v) is 8.92. The lowest BCUT2D eigenvalue weighted by molar-refractivity contribution is -0.121. The maximum absolute atomic E-state index is 12.6. The monoisotopic (exact) mass is 462 g/mol. The maximum Gasteiger partial charge on any atom is 0.413 e. The van der Waals surface area contributed by atoms with E-state index in [1.807, 2.05) is 6.07 Å². The van der Waals surface area contributed by atoms with Gasteiger partial charge < -0.3 is 9.57 Å². The Labute approximate surface area is 187 Å². The number of ether oxygens (including phenoxy) is 1. The number of rotatable bonds is 12. The highest BCUT2D eigenvalue weighted by molar-refractivity contribution is 8.76. The molecule has 0 spiro atoms. The summed E-state index contributed by atoms with van der Waals surface area (Å²) >= 11 is 0. The zero-order valence-corrected chi connectivity index (χ0v) is 18.4. The van der Waals surface area contributed by atoms with Gasteiger partial charge in [0.25, 0.3) is 0 Å². The number of amides is 2. The summed E-state index contributed by atoms with van der Waals surface area (Å²) in [5, 5.41) is 4.49. The number of carbonyl (C=O) groups is 3. The van der Waals surface area contributed by atoms with E-state index in [-0.39, 0.29) is 19.0 Å². The van der Waals surface area contributed by atoms with Gasteiger partial charge in [0, 0.05) is 22.6 Å². The minimum Gasteiger partial charge on any atom is -0.448 e. The summed E-state index contributed by atoms with van der Waals surface area (Å²) < 4.78 is 4.99. The molecule has 1 N–H and O–H groups in total. The topological polar surface area (TPSA) is 111 Å². The molecular weight excluding hydrogens is 440 g/mol. The number of imide groups is 1. The van der Waals surface area contributed by atoms with Crippen LogP contribution in [0.15, 0.2) is 59.9 Å². The van der Waals surface area contributed by atoms with Crippen LogP contribution in [0.1, 0.15) is 34.3 Å². The summed E-state index contributed by atoms with van der Waals surface area (Å²) in [5.74, 6) is -0.217. The Kier molecular flexibility index (Phi) is 10.6. The van der Waals surface area contributed by atoms with Gasteiger partial charge in [0.15, 0.2) is 11.1 Å². The summed E-state index contributed by atoms with van der Waals surface area (Å²) in [4.78, 5) is 50.9. The summed E-state index contributed by atoms with van der Waals surface area (Å²) in [7, 11) is 2.89. The lowest BCUT2D eigenvalue weighted by Crippen LogP contribution is -2.34. The largest absolute Gasteiger partial charge is 0.448 e. The number of benzene rings is 2. The summed E-state index contributed by atoms with van der Waals surface area (Å²) in [5.41, 5.74) is 1.64. The third-order valence-electron chi connectivity index (χ3n) is 4.10. The number of carbonyl (C=O) groups excluding carboxylic acids is 3. The molecule has 0 aromatic heterocycles. The molecule has 0 aliphatic rings. The van der Waals surface area contributed by atoms with E-state index in [0.717, 1.165) is 0 Å². The fourth-order valence-corrected chi connectivity index (χ4v) is 4.14. The molecule has 31 heavy (non-hydrogen) atoms. The summed E-state index contributed by atoms with van der Waals surface area (Å²) in [6, 6.07) is 15.7. The number of hydrogen-bond acceptors (Lipinski definition) is 9. The first kappa shape index (κ1) is 24.4. The van der Waals surface area contributed by atoms with Crippen molar-refractivity contribution in [3.05, 3.63) is 76.2 Å². The molecule has 2 amide bonds. The fraction of sp³-hybridized carbons (Fsp3) is 0.286. The molecule has 2 aromatic rings. The predicted octanol–water partition coefficient (Wildman–Crippen LogP) is 4.35. The first-order valence-electron chi connectivity index (χ1n) is 9.39. The quantitative estimate of drug-likeness (QED) is 0.163. The van der Waals surface area contributed by atoms with Crippen LogP contribution >= 0.6 is 21.6 Å². The van der Waals surface area contributed by atoms with Crippen molar-refractivity contribution in [2.75, 3.05) is 24.7 Å². The predicted molar refractivity (Wildman–Crippen MR) is 121 cm³/mol. The second-order valence-electron chi connectivity index (χ2n) is 6.22. The fourth-order valence-electron chi connectivity index (χ4n) is 2.50. The highest BCUT2D eigenvalue weighted by Gasteiger charge is 2.20. The number of alkyl carbamates (subject to hydrolysis) is 1. The van der Waals surface area contributed by atoms with E-state index in [1.165, 1.54) is 21.6 Å². The van der Waals surface area contributed by atoms with E-state index in [9.17, 15) is 19.3 Å². The van der Waals surface area contributed by atoms with Crippen molar-refractivity contribution in [1.82, 2.24) is 5.32 Å². The molecule has 0 fully saturated rings. The zero-order valence-electron chi connectivity index (χ0n) is 16.8. The van der Waals surface area contributed by atoms with Crippen LogP contribution in [0.4, 0.5) is 4.79 Å². The van der Waals surface area contributed by atoms with E-state index < -0.39 is 17.9 Å². The average Bonchev–Trinajstić information content (AvgIpc) is 2.80. The third kappa shape index (κ3) is 8.42. The van der Waals surface area contributed by atoms with Gasteiger partial charge in [-0.1, -0.05) is 70.1 Å². The molecule has 0 saturated carbocycles. The maximum atomic E-state index is 12.6. The van der Waals surface area contributed by atoms with Crippen molar-refractivity contribution in [1.29, 1.82) is 0 Å². The van der Waals surface area contributed by atoms with Crippen molar-refractivity contribution >= 4 is 39.4 Å². The summed E-state index contributed by atoms with van der Waals surface area (Å²) in [6.45, 7) is 1.99. The van der Waals surface area contributed by atoms with Gasteiger partial charge in [0.2, 0.25) is 5.91 Å². The van der Waals surface area contributed by atoms with Crippen molar-refractivity contribution < 1.29 is 24.0 Å². The second kappa shape index (κ2) is 13.5. The lowest BCUT2D eigenvalue weighted by atomic mass is 9.95. The SMILES string of the molecule is CC(C(=O)NC(=O)OCCSSCCON=O)c1cccc(C(=O)c2ccccc2)c1. The Morgan fingerprint density at radius 1 is 0.968 bits per heavy atom. The zero-order chi connectivity index (χ0) is 22.5. The molecule has 164 valence electrons. The van der Waals surface area contributed by atoms with Crippen molar-refractivity contribution in [2.24, 2.45) is 5.34 Å². The van der Waals surface area contributed by atoms with E-state index in [1.54, 1.807) is 55.5 Å². The van der Waals surface area contributed by atoms with Crippen LogP contribution in [-0.4, -0.2) is 42.5 Å². The van der Waals surface area contributed by atoms with Crippen LogP contribution in [0.25, 0.3) is 0 Å². The molecule has 2 aromatic carbocycles. The lowest BCUT2D eigenvalue weighted by Gasteiger charge is -2.13. The van der Waals surface area contributed by atoms with Gasteiger partial charge in [-0.2, -0.15) is 0 Å². The van der Waals surface area contributed by atoms with Gasteiger partial charge in [0.05, 0.1) is 5.92 Å². The standard InChI is InChI=1S/C21H22N2O6S2/c1-15(20(25)22-21(26)28-10-12-30-31-13-11-29-23-27)17-8-5-9-18(14-17)19(24)16-6-3-2-4-7-16/h2-9,14-15H,10-13H2,1H3,(H,22,25,26). The molecule has 1 unspecified atom stereocenters. The Morgan fingerprint density at radius 2 is 1.65 bits per heavy atom. The van der Waals surface area contributed by atoms with Crippen LogP contribution < -0.4 is 5.32 Å². The van der Waals surface area contributed by atoms with Gasteiger partial charge in [0.1, 0.15) is 13.2 Å². The number of ketones is 1. The van der Waals surface area contributed by atoms with Crippen LogP contribution in [0.3, 0.4) is 0 Å². The van der Waals surface area contributed by atoms with Crippen molar-refractivity contribution in [2.45, 2.75) is 12.8 Å². The summed E-state index contributed by atoms with van der Waals surface area (Å²) in [6.07, 6.45) is -0.826. The van der Waals surface area contributed by atoms with Gasteiger partial charge in [-0.05, 0) is 18.6 Å². The molecular formula is C21H22N2O6S2. The van der Waals surface area contributed by atoms with E-state index in [2.05, 4.69) is 15.5 Å². The molecule has 0 radical (unpaired) electrons. The molecule has 10 heteroatoms. The smallest absolute Gasteiger partial charge is 0.413 e. The first-order chi connectivity index (χ1) is 15.0. The number of hydrogen-bond donors (Lipinski definition) is 1. The molecule has 0 aliphatic carbocycles. The molecule has 0 saturated heterocycles. The highest BCUT2D eigenvalue weighted by Crippen LogP contribution is 2.21. The Morgan fingerprint density at radius 3 is 2.35 bits per heavy atom. The molecule has 0 aliphatic heterocycles. The number of nitrogens with one attached hydrogen (secondary N) is 1. The van der Waals surface area contributed by atoms with Gasteiger partial charge >= 0.3 is 6.09 Å². The average molecular weight is 463 g/mol. The molecule has 1 atom stereocenters. The Hall–Kier alpha value is -2.85. The van der Waals surface area contributed by atoms with Crippen LogP contribution in [0, 0.1) is 4.91 Å². The van der Waals surface area contributed by atoms with Gasteiger partial charge in [-0.3, -0.25) is 14.9 Å². The van der Waals surface area contributed by atoms with Gasteiger partial charge in [-0.25, -0.2) is 4.79 Å². The molecule has 2 rings (SSSR count). The minimum absolute atomic E-state index is 0.124. The molecule has 8 nitrogen and oxygen atoms in total. The van der Waals surface area contributed by atoms with E-state index >= 15 is 0 Å². The highest BCUT2D eigenvalue weighted by atomic mass is 33.1. The van der Waals surface area contributed by atoms with Crippen LogP contribution in [0.5, 0.6) is 0 Å². The Bertz CT molecular complexity index is 894. The third-order valence-corrected chi connectivity index (χ3v) is 6.43. The van der Waals surface area contributed by atoms with E-state index in [4.69, 9.17) is 4.74 Å². The van der Waals surface area contributed by atoms with Gasteiger partial charge in [-0.15, -0.1) is 4.91 Å². The first-order valence-corrected chi connectivity index (χ1v) is 11.9. The molecule has 0 bridgehead atoms. The minimum atomic E-state index is -0.826. The van der Waals surface area contributed by atoms with Crippen LogP contribution in [0.2, 0.25) is 0 Å². The Balaban J connectivity index is 1.80. The molecule has 0 heterocycles. The van der Waals surface area contributed by atoms with Crippen molar-refractivity contribution in [3.63, 3.8) is 0 Å².